The fourth-order valence-corrected chi connectivity index (χ4v) is 2.27. The van der Waals surface area contributed by atoms with E-state index in [1.54, 1.807) is 5.38 Å². The lowest BCUT2D eigenvalue weighted by molar-refractivity contribution is 0.0885. The van der Waals surface area contributed by atoms with Gasteiger partial charge in [-0.25, -0.2) is 4.98 Å². The van der Waals surface area contributed by atoms with Crippen LogP contribution in [0.3, 0.4) is 0 Å². The highest BCUT2D eigenvalue weighted by molar-refractivity contribution is 7.09. The zero-order valence-electron chi connectivity index (χ0n) is 9.16. The van der Waals surface area contributed by atoms with E-state index in [0.717, 1.165) is 11.4 Å². The third kappa shape index (κ3) is 2.40. The van der Waals surface area contributed by atoms with E-state index in [9.17, 15) is 4.79 Å². The van der Waals surface area contributed by atoms with Crippen molar-refractivity contribution in [1.82, 2.24) is 10.3 Å². The molecule has 2 rings (SSSR count). The van der Waals surface area contributed by atoms with Crippen LogP contribution in [0, 0.1) is 0 Å². The summed E-state index contributed by atoms with van der Waals surface area (Å²) in [7, 11) is 0. The molecule has 3 N–H and O–H groups in total. The van der Waals surface area contributed by atoms with Crippen molar-refractivity contribution in [1.29, 1.82) is 0 Å². The molecule has 1 aromatic heterocycles. The Morgan fingerprint density at radius 3 is 3.19 bits per heavy atom. The minimum atomic E-state index is -0.260. The zero-order valence-corrected chi connectivity index (χ0v) is 9.97. The fourth-order valence-electron chi connectivity index (χ4n) is 1.61. The zero-order chi connectivity index (χ0) is 11.6. The number of carbonyl (C=O) groups excluding carboxylic acids is 1. The molecule has 2 heterocycles. The van der Waals surface area contributed by atoms with Crippen LogP contribution in [0.4, 0.5) is 0 Å². The van der Waals surface area contributed by atoms with Gasteiger partial charge in [-0.15, -0.1) is 11.3 Å². The van der Waals surface area contributed by atoms with Gasteiger partial charge >= 0.3 is 0 Å². The molecule has 1 aliphatic heterocycles. The van der Waals surface area contributed by atoms with Gasteiger partial charge in [0, 0.05) is 18.5 Å². The largest absolute Gasteiger partial charge is 0.379 e. The van der Waals surface area contributed by atoms with Crippen molar-refractivity contribution >= 4 is 17.2 Å². The van der Waals surface area contributed by atoms with Crippen LogP contribution in [0.25, 0.3) is 0 Å². The number of nitrogens with zero attached hydrogens (tertiary/aromatic N) is 1. The molecule has 0 aromatic carbocycles. The Kier molecular flexibility index (Phi) is 3.22. The van der Waals surface area contributed by atoms with Crippen LogP contribution in [-0.2, 0) is 11.3 Å². The first-order valence-corrected chi connectivity index (χ1v) is 6.06. The summed E-state index contributed by atoms with van der Waals surface area (Å²) in [5.41, 5.74) is 5.63. The summed E-state index contributed by atoms with van der Waals surface area (Å²) in [6.45, 7) is 3.61. The van der Waals surface area contributed by atoms with Crippen LogP contribution in [-0.4, -0.2) is 29.6 Å². The Hall–Kier alpha value is -0.980. The van der Waals surface area contributed by atoms with Gasteiger partial charge in [0.1, 0.15) is 10.7 Å². The third-order valence-electron chi connectivity index (χ3n) is 2.59. The van der Waals surface area contributed by atoms with Crippen LogP contribution in [0.1, 0.15) is 28.8 Å². The van der Waals surface area contributed by atoms with Crippen molar-refractivity contribution < 1.29 is 9.53 Å². The van der Waals surface area contributed by atoms with E-state index in [1.807, 2.05) is 6.92 Å². The van der Waals surface area contributed by atoms with Gasteiger partial charge < -0.3 is 15.8 Å². The molecule has 1 atom stereocenters. The molecule has 0 aliphatic carbocycles. The van der Waals surface area contributed by atoms with Crippen LogP contribution in [0.2, 0.25) is 0 Å². The molecule has 88 valence electrons. The minimum absolute atomic E-state index is 0.149. The smallest absolute Gasteiger partial charge is 0.271 e. The number of thiazole rings is 1. The Morgan fingerprint density at radius 2 is 2.62 bits per heavy atom. The lowest BCUT2D eigenvalue weighted by atomic mass is 10.0. The van der Waals surface area contributed by atoms with Gasteiger partial charge in [0.2, 0.25) is 0 Å². The molecule has 1 saturated heterocycles. The standard InChI is InChI=1S/C10H15N3O2S/c1-10(2-3-15-6-10)13-9(14)7-5-16-8(4-11)12-7/h5H,2-4,6,11H2,1H3,(H,13,14). The number of nitrogens with one attached hydrogen (secondary N) is 1. The molecule has 16 heavy (non-hydrogen) atoms. The summed E-state index contributed by atoms with van der Waals surface area (Å²) in [5.74, 6) is -0.149. The van der Waals surface area contributed by atoms with E-state index < -0.39 is 0 Å². The number of aromatic nitrogens is 1. The molecule has 1 aliphatic rings. The molecule has 0 saturated carbocycles. The molecular weight excluding hydrogens is 226 g/mol. The second-order valence-corrected chi connectivity index (χ2v) is 5.09. The van der Waals surface area contributed by atoms with Gasteiger partial charge in [0.15, 0.2) is 0 Å². The number of ether oxygens (including phenoxy) is 1. The van der Waals surface area contributed by atoms with E-state index in [0.29, 0.717) is 25.5 Å². The molecule has 1 aromatic rings. The van der Waals surface area contributed by atoms with Crippen molar-refractivity contribution in [2.75, 3.05) is 13.2 Å². The SMILES string of the molecule is CC1(NC(=O)c2csc(CN)n2)CCOC1. The van der Waals surface area contributed by atoms with E-state index in [2.05, 4.69) is 10.3 Å². The quantitative estimate of drug-likeness (QED) is 0.808. The predicted octanol–water partition coefficient (Wildman–Crippen LogP) is 0.511. The summed E-state index contributed by atoms with van der Waals surface area (Å²) in [5, 5.41) is 5.46. The van der Waals surface area contributed by atoms with Gasteiger partial charge in [-0.3, -0.25) is 4.79 Å². The lowest BCUT2D eigenvalue weighted by Gasteiger charge is -2.22. The number of nitrogens with two attached hydrogens (primary N) is 1. The average Bonchev–Trinajstić information content (AvgIpc) is 2.86. The van der Waals surface area contributed by atoms with Crippen molar-refractivity contribution in [2.45, 2.75) is 25.4 Å². The number of carbonyl (C=O) groups is 1. The predicted molar refractivity (Wildman–Crippen MR) is 61.3 cm³/mol. The second-order valence-electron chi connectivity index (χ2n) is 4.15. The molecule has 1 unspecified atom stereocenters. The maximum absolute atomic E-state index is 11.9. The van der Waals surface area contributed by atoms with Crippen molar-refractivity contribution in [3.05, 3.63) is 16.1 Å². The number of amides is 1. The molecule has 1 amide bonds. The molecule has 0 bridgehead atoms. The van der Waals surface area contributed by atoms with Crippen molar-refractivity contribution in [3.63, 3.8) is 0 Å². The highest BCUT2D eigenvalue weighted by atomic mass is 32.1. The van der Waals surface area contributed by atoms with Gasteiger partial charge in [-0.2, -0.15) is 0 Å². The van der Waals surface area contributed by atoms with E-state index in [-0.39, 0.29) is 11.4 Å². The first kappa shape index (κ1) is 11.5. The van der Waals surface area contributed by atoms with Crippen LogP contribution in [0.5, 0.6) is 0 Å². The number of rotatable bonds is 3. The highest BCUT2D eigenvalue weighted by Crippen LogP contribution is 2.18. The lowest BCUT2D eigenvalue weighted by Crippen LogP contribution is -2.46. The van der Waals surface area contributed by atoms with Crippen molar-refractivity contribution in [2.24, 2.45) is 5.73 Å². The van der Waals surface area contributed by atoms with Gasteiger partial charge in [-0.05, 0) is 13.3 Å². The summed E-state index contributed by atoms with van der Waals surface area (Å²) >= 11 is 1.41. The first-order valence-electron chi connectivity index (χ1n) is 5.18. The molecule has 1 fully saturated rings. The van der Waals surface area contributed by atoms with Crippen LogP contribution >= 0.6 is 11.3 Å². The van der Waals surface area contributed by atoms with Gasteiger partial charge in [0.25, 0.3) is 5.91 Å². The summed E-state index contributed by atoms with van der Waals surface area (Å²) in [4.78, 5) is 16.0. The van der Waals surface area contributed by atoms with Crippen LogP contribution in [0.15, 0.2) is 5.38 Å². The Labute approximate surface area is 98.0 Å². The Bertz CT molecular complexity index is 385. The maximum Gasteiger partial charge on any atom is 0.271 e. The summed E-state index contributed by atoms with van der Waals surface area (Å²) in [6.07, 6.45) is 0.840. The van der Waals surface area contributed by atoms with Crippen LogP contribution < -0.4 is 11.1 Å². The van der Waals surface area contributed by atoms with Crippen molar-refractivity contribution in [3.8, 4) is 0 Å². The monoisotopic (exact) mass is 241 g/mol. The molecule has 5 nitrogen and oxygen atoms in total. The minimum Gasteiger partial charge on any atom is -0.379 e. The Morgan fingerprint density at radius 1 is 1.81 bits per heavy atom. The Balaban J connectivity index is 2.02. The summed E-state index contributed by atoms with van der Waals surface area (Å²) < 4.78 is 5.27. The number of hydrogen-bond acceptors (Lipinski definition) is 5. The second kappa shape index (κ2) is 4.48. The molecule has 0 spiro atoms. The van der Waals surface area contributed by atoms with E-state index in [1.165, 1.54) is 11.3 Å². The third-order valence-corrected chi connectivity index (χ3v) is 3.46. The molecule has 0 radical (unpaired) electrons. The van der Waals surface area contributed by atoms with Gasteiger partial charge in [0.05, 0.1) is 12.1 Å². The normalized spacial score (nSPS) is 24.6. The molecular formula is C10H15N3O2S. The first-order chi connectivity index (χ1) is 7.63. The van der Waals surface area contributed by atoms with E-state index >= 15 is 0 Å². The van der Waals surface area contributed by atoms with Gasteiger partial charge in [-0.1, -0.05) is 0 Å². The fraction of sp³-hybridized carbons (Fsp3) is 0.600. The maximum atomic E-state index is 11.9. The topological polar surface area (TPSA) is 77.2 Å². The molecule has 6 heteroatoms. The average molecular weight is 241 g/mol. The highest BCUT2D eigenvalue weighted by Gasteiger charge is 2.31. The summed E-state index contributed by atoms with van der Waals surface area (Å²) in [6, 6.07) is 0. The number of hydrogen-bond donors (Lipinski definition) is 2. The van der Waals surface area contributed by atoms with E-state index in [4.69, 9.17) is 10.5 Å².